The number of ketones is 2. The highest BCUT2D eigenvalue weighted by Crippen LogP contribution is 2.40. The Labute approximate surface area is 774 Å². The number of phenols is 2. The Hall–Kier alpha value is -15.2. The van der Waals surface area contributed by atoms with E-state index in [1.165, 1.54) is 32.4 Å². The number of aryl methyl sites for hydroxylation is 2. The maximum atomic E-state index is 13.6. The second kappa shape index (κ2) is 51.9. The number of aromatic nitrogens is 3. The summed E-state index contributed by atoms with van der Waals surface area (Å²) in [4.78, 5) is 111. The molecule has 3 aromatic heterocycles. The highest BCUT2D eigenvalue weighted by Gasteiger charge is 2.33. The SMILES string of the molecule is C=CC(=O)Cc1ccc(CCC(=O)OC2CCC(C(=O)Oc3ccc(OC(=O)C4CCC(OC(=O)CCc5ccc(OC(=O)C=C)cc5)CC4)c4nc(-c5ccccc5)ccc34)CC2)cc1.CC(=O)c1ccccc1.CCCOCCC.COc1ccc(OC)c(C=O)c1N.COc1ccc(OC)c2nc(-c3ccccc3)ccc12.Oc1ccc(O)c2nc(-c3ccccc3)ccc12. The summed E-state index contributed by atoms with van der Waals surface area (Å²) < 4.78 is 54.5. The fraction of sp³-hybridized carbons (Fsp3) is 0.257. The lowest BCUT2D eigenvalue weighted by Crippen LogP contribution is -2.30. The number of nitrogens with two attached hydrogens (primary N) is 1. The van der Waals surface area contributed by atoms with Gasteiger partial charge in [0.2, 0.25) is 0 Å². The molecule has 2 saturated carbocycles. The number of benzene rings is 10. The predicted molar refractivity (Wildman–Crippen MR) is 514 cm³/mol. The van der Waals surface area contributed by atoms with Crippen molar-refractivity contribution < 1.29 is 95.9 Å². The summed E-state index contributed by atoms with van der Waals surface area (Å²) in [5, 5.41) is 21.5. The molecule has 0 unspecified atom stereocenters. The molecule has 24 nitrogen and oxygen atoms in total. The number of esters is 5. The van der Waals surface area contributed by atoms with Gasteiger partial charge in [-0.05, 0) is 204 Å². The molecule has 10 aromatic carbocycles. The number of nitrogen functional groups attached to an aromatic ring is 1. The van der Waals surface area contributed by atoms with Crippen LogP contribution < -0.4 is 38.9 Å². The molecule has 688 valence electrons. The van der Waals surface area contributed by atoms with Gasteiger partial charge in [0, 0.05) is 77.0 Å². The average molecular weight is 1800 g/mol. The molecule has 133 heavy (non-hydrogen) atoms. The highest BCUT2D eigenvalue weighted by molar-refractivity contribution is 5.97. The van der Waals surface area contributed by atoms with Crippen LogP contribution in [0.3, 0.4) is 0 Å². The van der Waals surface area contributed by atoms with Crippen molar-refractivity contribution in [3.63, 3.8) is 0 Å². The summed E-state index contributed by atoms with van der Waals surface area (Å²) in [6.45, 7) is 14.5. The van der Waals surface area contributed by atoms with Crippen molar-refractivity contribution >= 4 is 86.1 Å². The van der Waals surface area contributed by atoms with Crippen LogP contribution in [0.1, 0.15) is 135 Å². The molecule has 3 heterocycles. The number of phenolic OH excluding ortho intramolecular Hbond substituents is 2. The van der Waals surface area contributed by atoms with Crippen LogP contribution >= 0.6 is 0 Å². The summed E-state index contributed by atoms with van der Waals surface area (Å²) >= 11 is 0. The first kappa shape index (κ1) is 100.0. The summed E-state index contributed by atoms with van der Waals surface area (Å²) in [7, 11) is 6.28. The highest BCUT2D eigenvalue weighted by atomic mass is 16.6. The average Bonchev–Trinajstić information content (AvgIpc) is 0.786. The molecule has 24 heteroatoms. The van der Waals surface area contributed by atoms with Gasteiger partial charge in [-0.2, -0.15) is 0 Å². The van der Waals surface area contributed by atoms with Gasteiger partial charge in [-0.3, -0.25) is 33.6 Å². The molecule has 0 atom stereocenters. The maximum Gasteiger partial charge on any atom is 0.335 e. The van der Waals surface area contributed by atoms with E-state index in [0.717, 1.165) is 105 Å². The van der Waals surface area contributed by atoms with E-state index in [9.17, 15) is 48.6 Å². The first-order chi connectivity index (χ1) is 64.6. The number of carbonyl (C=O) groups is 8. The fourth-order valence-corrected chi connectivity index (χ4v) is 14.7. The summed E-state index contributed by atoms with van der Waals surface area (Å²) in [5.74, 6) is 0.900. The number of hydrogen-bond donors (Lipinski definition) is 3. The van der Waals surface area contributed by atoms with Crippen LogP contribution in [-0.4, -0.2) is 127 Å². The molecule has 2 fully saturated rings. The Bertz CT molecular complexity index is 6060. The number of aldehydes is 1. The van der Waals surface area contributed by atoms with Crippen LogP contribution in [0.4, 0.5) is 5.69 Å². The van der Waals surface area contributed by atoms with Crippen LogP contribution in [0.5, 0.6) is 51.7 Å². The molecule has 13 aromatic rings. The molecule has 0 amide bonds. The smallest absolute Gasteiger partial charge is 0.335 e. The third-order valence-corrected chi connectivity index (χ3v) is 21.9. The number of Topliss-reactive ketones (excluding diaryl/α,β-unsaturated/α-hetero) is 1. The van der Waals surface area contributed by atoms with Gasteiger partial charge < -0.3 is 63.3 Å². The second-order valence-electron chi connectivity index (χ2n) is 31.2. The van der Waals surface area contributed by atoms with E-state index in [2.05, 4.69) is 32.0 Å². The van der Waals surface area contributed by atoms with E-state index >= 15 is 0 Å². The van der Waals surface area contributed by atoms with Crippen LogP contribution in [0, 0.1) is 11.8 Å². The Balaban J connectivity index is 0.000000216. The van der Waals surface area contributed by atoms with E-state index in [1.807, 2.05) is 188 Å². The number of methoxy groups -OCH3 is 4. The van der Waals surface area contributed by atoms with Gasteiger partial charge in [0.05, 0.1) is 68.6 Å². The number of pyridine rings is 3. The lowest BCUT2D eigenvalue weighted by Gasteiger charge is -2.27. The Morgan fingerprint density at radius 2 is 0.812 bits per heavy atom. The number of anilines is 1. The van der Waals surface area contributed by atoms with E-state index in [0.29, 0.717) is 139 Å². The van der Waals surface area contributed by atoms with Crippen molar-refractivity contribution in [1.29, 1.82) is 0 Å². The van der Waals surface area contributed by atoms with Crippen LogP contribution in [0.2, 0.25) is 0 Å². The number of aromatic hydroxyl groups is 2. The van der Waals surface area contributed by atoms with E-state index in [1.54, 1.807) is 75.7 Å². The van der Waals surface area contributed by atoms with Crippen LogP contribution in [0.15, 0.2) is 280 Å². The molecular weight excluding hydrogens is 1690 g/mol. The van der Waals surface area contributed by atoms with Gasteiger partial charge in [-0.1, -0.05) is 185 Å². The van der Waals surface area contributed by atoms with Crippen molar-refractivity contribution in [2.75, 3.05) is 47.4 Å². The largest absolute Gasteiger partial charge is 0.507 e. The lowest BCUT2D eigenvalue weighted by atomic mass is 9.87. The maximum absolute atomic E-state index is 13.6. The van der Waals surface area contributed by atoms with Gasteiger partial charge >= 0.3 is 29.8 Å². The topological polar surface area (TPSA) is 334 Å². The van der Waals surface area contributed by atoms with Gasteiger partial charge in [0.15, 0.2) is 23.6 Å². The number of fused-ring (bicyclic) bond motifs is 3. The van der Waals surface area contributed by atoms with Crippen LogP contribution in [0.25, 0.3) is 66.5 Å². The van der Waals surface area contributed by atoms with E-state index in [-0.39, 0.29) is 71.7 Å². The van der Waals surface area contributed by atoms with E-state index in [4.69, 9.17) is 63.1 Å². The zero-order valence-electron chi connectivity index (χ0n) is 75.9. The van der Waals surface area contributed by atoms with Gasteiger partial charge in [-0.15, -0.1) is 0 Å². The van der Waals surface area contributed by atoms with Gasteiger partial charge in [0.25, 0.3) is 0 Å². The van der Waals surface area contributed by atoms with E-state index < -0.39 is 23.8 Å². The van der Waals surface area contributed by atoms with Crippen molar-refractivity contribution in [3.05, 3.63) is 308 Å². The zero-order chi connectivity index (χ0) is 95.0. The lowest BCUT2D eigenvalue weighted by molar-refractivity contribution is -0.153. The quantitative estimate of drug-likeness (QED) is 0.00550. The van der Waals surface area contributed by atoms with Crippen molar-refractivity contribution in [2.24, 2.45) is 11.8 Å². The number of hydrogen-bond acceptors (Lipinski definition) is 24. The number of ether oxygens (including phenoxy) is 10. The monoisotopic (exact) mass is 1800 g/mol. The molecule has 4 N–H and O–H groups in total. The number of carbonyl (C=O) groups excluding carboxylic acids is 8. The first-order valence-corrected chi connectivity index (χ1v) is 44.1. The molecule has 2 aliphatic rings. The Morgan fingerprint density at radius 3 is 1.26 bits per heavy atom. The predicted octanol–water partition coefficient (Wildman–Crippen LogP) is 21.6. The minimum atomic E-state index is -0.547. The third-order valence-electron chi connectivity index (χ3n) is 21.9. The number of allylic oxidation sites excluding steroid dienone is 1. The number of nitrogens with zero attached hydrogens (tertiary/aromatic N) is 3. The van der Waals surface area contributed by atoms with Crippen molar-refractivity contribution in [1.82, 2.24) is 15.0 Å². The van der Waals surface area contributed by atoms with Gasteiger partial charge in [-0.25, -0.2) is 19.7 Å². The molecule has 0 radical (unpaired) electrons. The summed E-state index contributed by atoms with van der Waals surface area (Å²) in [5.41, 5.74) is 16.7. The zero-order valence-corrected chi connectivity index (χ0v) is 75.9. The number of rotatable bonds is 30. The molecule has 15 rings (SSSR count). The molecule has 0 spiro atoms. The summed E-state index contributed by atoms with van der Waals surface area (Å²) in [6, 6.07) is 77.6. The molecular formula is C109H112N4O20. The minimum absolute atomic E-state index is 0.0480. The van der Waals surface area contributed by atoms with Gasteiger partial charge in [0.1, 0.15) is 74.8 Å². The third kappa shape index (κ3) is 29.7. The standard InChI is InChI=1S/C54H53NO11.C17H15NO2.C15H11NO2.C9H11NO3.C8H8O.C6H14O/c1-3-41(56)34-37-12-10-35(11-13-37)16-32-50(58)63-43-24-18-39(19-25-43)53(60)65-47-30-31-48(52-45(47)28-29-46(55-52)38-8-6-5-7-9-38)66-54(61)40-20-26-44(27-21-40)64-51(59)33-17-36-14-22-42(23-15-36)62-49(57)4-2;1-19-15-10-11-16(20-2)17-13(15)8-9-14(18-17)12-6-4-3-5-7-12;17-13-8-9-14(18)15-11(13)6-7-12(16-15)10-4-2-1-3-5-10;1-12-7-3-4-8(13-2)9(10)6(7)5-11;1-7(9)8-5-3-2-4-6-8;1-3-5-7-6-4-2/h3-15,22-23,28-31,39-40,43-44H,1-2,16-21,24-27,32-34H2;3-11H,1-2H3;1-9,17-18H;3-5H,10H2,1-2H3;2-6H,1H3;3-6H2,1-2H3. The second-order valence-corrected chi connectivity index (χ2v) is 31.2. The molecule has 0 saturated heterocycles. The molecule has 0 aliphatic heterocycles. The minimum Gasteiger partial charge on any atom is -0.507 e. The summed E-state index contributed by atoms with van der Waals surface area (Å²) in [6.07, 6.45) is 10.5. The fourth-order valence-electron chi connectivity index (χ4n) is 14.7. The Morgan fingerprint density at radius 1 is 0.414 bits per heavy atom. The molecule has 2 aliphatic carbocycles. The van der Waals surface area contributed by atoms with Crippen LogP contribution in [-0.2, 0) is 62.2 Å². The first-order valence-electron chi connectivity index (χ1n) is 44.1. The molecule has 0 bridgehead atoms. The van der Waals surface area contributed by atoms with Crippen molar-refractivity contribution in [3.8, 4) is 85.5 Å². The normalized spacial score (nSPS) is 14.0. The Kier molecular flexibility index (Phi) is 39.0. The van der Waals surface area contributed by atoms with Crippen molar-refractivity contribution in [2.45, 2.75) is 129 Å².